The highest BCUT2D eigenvalue weighted by Crippen LogP contribution is 2.45. The van der Waals surface area contributed by atoms with E-state index in [1.54, 1.807) is 37.3 Å². The van der Waals surface area contributed by atoms with Crippen LogP contribution >= 0.6 is 23.2 Å². The van der Waals surface area contributed by atoms with Gasteiger partial charge < -0.3 is 14.8 Å². The van der Waals surface area contributed by atoms with Gasteiger partial charge in [0.25, 0.3) is 0 Å². The minimum atomic E-state index is -0.738. The van der Waals surface area contributed by atoms with Gasteiger partial charge in [0.15, 0.2) is 0 Å². The molecule has 1 aliphatic rings. The largest absolute Gasteiger partial charge is 0.492 e. The van der Waals surface area contributed by atoms with Gasteiger partial charge >= 0.3 is 5.97 Å². The third-order valence-corrected chi connectivity index (χ3v) is 6.19. The molecule has 1 N–H and O–H groups in total. The van der Waals surface area contributed by atoms with E-state index < -0.39 is 11.4 Å². The summed E-state index contributed by atoms with van der Waals surface area (Å²) >= 11 is 12.6. The zero-order valence-corrected chi connectivity index (χ0v) is 20.2. The quantitative estimate of drug-likeness (QED) is 0.431. The summed E-state index contributed by atoms with van der Waals surface area (Å²) in [4.78, 5) is 26.1. The first kappa shape index (κ1) is 24.4. The molecule has 0 unspecified atom stereocenters. The molecular weight excluding hydrogens is 449 g/mol. The summed E-state index contributed by atoms with van der Waals surface area (Å²) in [7, 11) is 0. The molecule has 1 amide bonds. The zero-order valence-electron chi connectivity index (χ0n) is 18.7. The first-order valence-electron chi connectivity index (χ1n) is 11.0. The van der Waals surface area contributed by atoms with Crippen molar-refractivity contribution >= 4 is 40.8 Å². The zero-order chi connectivity index (χ0) is 23.3. The van der Waals surface area contributed by atoms with Gasteiger partial charge in [0.2, 0.25) is 5.91 Å². The number of halogens is 2. The molecule has 172 valence electrons. The lowest BCUT2D eigenvalue weighted by molar-refractivity contribution is -0.121. The number of hydrogen-bond acceptors (Lipinski definition) is 4. The van der Waals surface area contributed by atoms with Crippen molar-refractivity contribution in [3.05, 3.63) is 57.6 Å². The van der Waals surface area contributed by atoms with Gasteiger partial charge in [-0.25, -0.2) is 4.79 Å². The normalized spacial score (nSPS) is 14.9. The van der Waals surface area contributed by atoms with Crippen LogP contribution in [0.25, 0.3) is 0 Å². The molecule has 3 rings (SSSR count). The molecule has 0 atom stereocenters. The summed E-state index contributed by atoms with van der Waals surface area (Å²) in [6.07, 6.45) is 3.26. The number of carbonyl (C=O) groups excluding carboxylic acids is 2. The third kappa shape index (κ3) is 5.38. The second-order valence-corrected chi connectivity index (χ2v) is 9.35. The SMILES string of the molecule is CCOC(=O)c1cc(NC(=O)C2(c3ccc(Cl)cc3Cl)CCCC2)ccc1OCC(C)C. The number of esters is 1. The summed E-state index contributed by atoms with van der Waals surface area (Å²) in [6, 6.07) is 10.3. The molecule has 0 spiro atoms. The van der Waals surface area contributed by atoms with Crippen LogP contribution in [0.3, 0.4) is 0 Å². The van der Waals surface area contributed by atoms with Gasteiger partial charge in [-0.15, -0.1) is 0 Å². The van der Waals surface area contributed by atoms with Crippen molar-refractivity contribution in [3.8, 4) is 5.75 Å². The summed E-state index contributed by atoms with van der Waals surface area (Å²) in [5.74, 6) is 0.103. The topological polar surface area (TPSA) is 64.6 Å². The molecule has 2 aromatic rings. The molecule has 32 heavy (non-hydrogen) atoms. The predicted octanol–water partition coefficient (Wildman–Crippen LogP) is 6.66. The Bertz CT molecular complexity index is 984. The lowest BCUT2D eigenvalue weighted by Crippen LogP contribution is -2.38. The molecule has 0 aromatic heterocycles. The smallest absolute Gasteiger partial charge is 0.341 e. The molecule has 0 saturated heterocycles. The third-order valence-electron chi connectivity index (χ3n) is 5.64. The molecule has 0 aliphatic heterocycles. The average molecular weight is 478 g/mol. The number of ether oxygens (including phenoxy) is 2. The van der Waals surface area contributed by atoms with E-state index in [2.05, 4.69) is 5.32 Å². The molecule has 1 saturated carbocycles. The van der Waals surface area contributed by atoms with E-state index in [9.17, 15) is 9.59 Å². The van der Waals surface area contributed by atoms with E-state index in [0.29, 0.717) is 46.8 Å². The maximum Gasteiger partial charge on any atom is 0.341 e. The summed E-state index contributed by atoms with van der Waals surface area (Å²) in [5, 5.41) is 4.02. The van der Waals surface area contributed by atoms with Crippen LogP contribution in [0.15, 0.2) is 36.4 Å². The van der Waals surface area contributed by atoms with Crippen LogP contribution in [-0.2, 0) is 14.9 Å². The standard InChI is InChI=1S/C25H29Cl2NO4/c1-4-31-23(29)19-14-18(8-10-22(19)32-15-16(2)3)28-24(30)25(11-5-6-12-25)20-9-7-17(26)13-21(20)27/h7-10,13-14,16H,4-6,11-12,15H2,1-3H3,(H,28,30). The Hall–Kier alpha value is -2.24. The Morgan fingerprint density at radius 2 is 1.81 bits per heavy atom. The van der Waals surface area contributed by atoms with E-state index in [1.165, 1.54) is 0 Å². The Kier molecular flexibility index (Phi) is 8.07. The maximum atomic E-state index is 13.5. The molecule has 1 aliphatic carbocycles. The van der Waals surface area contributed by atoms with Gasteiger partial charge in [0, 0.05) is 15.7 Å². The van der Waals surface area contributed by atoms with E-state index >= 15 is 0 Å². The molecule has 7 heteroatoms. The number of nitrogens with one attached hydrogen (secondary N) is 1. The van der Waals surface area contributed by atoms with Crippen LogP contribution in [0.4, 0.5) is 5.69 Å². The number of hydrogen-bond donors (Lipinski definition) is 1. The van der Waals surface area contributed by atoms with Crippen molar-refractivity contribution in [2.45, 2.75) is 51.9 Å². The molecule has 5 nitrogen and oxygen atoms in total. The number of anilines is 1. The second kappa shape index (κ2) is 10.6. The summed E-state index contributed by atoms with van der Waals surface area (Å²) in [6.45, 7) is 6.52. The van der Waals surface area contributed by atoms with E-state index in [0.717, 1.165) is 18.4 Å². The van der Waals surface area contributed by atoms with E-state index in [4.69, 9.17) is 32.7 Å². The average Bonchev–Trinajstić information content (AvgIpc) is 3.23. The fraction of sp³-hybridized carbons (Fsp3) is 0.440. The van der Waals surface area contributed by atoms with Gasteiger partial charge in [-0.2, -0.15) is 0 Å². The number of rotatable bonds is 8. The van der Waals surface area contributed by atoms with Crippen LogP contribution in [0.1, 0.15) is 62.4 Å². The molecule has 0 bridgehead atoms. The van der Waals surface area contributed by atoms with Gasteiger partial charge in [-0.1, -0.05) is 56.0 Å². The van der Waals surface area contributed by atoms with E-state index in [-0.39, 0.29) is 18.1 Å². The first-order chi connectivity index (χ1) is 15.3. The lowest BCUT2D eigenvalue weighted by atomic mass is 9.78. The first-order valence-corrected chi connectivity index (χ1v) is 11.7. The Balaban J connectivity index is 1.91. The van der Waals surface area contributed by atoms with E-state index in [1.807, 2.05) is 19.9 Å². The summed E-state index contributed by atoms with van der Waals surface area (Å²) in [5.41, 5.74) is 0.834. The highest BCUT2D eigenvalue weighted by atomic mass is 35.5. The predicted molar refractivity (Wildman–Crippen MR) is 128 cm³/mol. The minimum Gasteiger partial charge on any atom is -0.492 e. The number of carbonyl (C=O) groups is 2. The number of benzene rings is 2. The fourth-order valence-corrected chi connectivity index (χ4v) is 4.67. The summed E-state index contributed by atoms with van der Waals surface area (Å²) < 4.78 is 11.0. The van der Waals surface area contributed by atoms with Crippen LogP contribution in [0.2, 0.25) is 10.0 Å². The number of amides is 1. The Labute approximate surface area is 199 Å². The van der Waals surface area contributed by atoms with Crippen molar-refractivity contribution in [2.75, 3.05) is 18.5 Å². The highest BCUT2D eigenvalue weighted by molar-refractivity contribution is 6.35. The molecule has 2 aromatic carbocycles. The van der Waals surface area contributed by atoms with Crippen molar-refractivity contribution in [1.82, 2.24) is 0 Å². The Morgan fingerprint density at radius 1 is 1.09 bits per heavy atom. The fourth-order valence-electron chi connectivity index (χ4n) is 4.08. The van der Waals surface area contributed by atoms with Gasteiger partial charge in [-0.3, -0.25) is 4.79 Å². The van der Waals surface area contributed by atoms with Gasteiger partial charge in [0.05, 0.1) is 18.6 Å². The molecule has 0 radical (unpaired) electrons. The monoisotopic (exact) mass is 477 g/mol. The van der Waals surface area contributed by atoms with Crippen molar-refractivity contribution in [2.24, 2.45) is 5.92 Å². The Morgan fingerprint density at radius 3 is 2.44 bits per heavy atom. The van der Waals surface area contributed by atoms with Crippen molar-refractivity contribution < 1.29 is 19.1 Å². The highest BCUT2D eigenvalue weighted by Gasteiger charge is 2.44. The van der Waals surface area contributed by atoms with Crippen LogP contribution in [0.5, 0.6) is 5.75 Å². The van der Waals surface area contributed by atoms with Gasteiger partial charge in [0.1, 0.15) is 11.3 Å². The second-order valence-electron chi connectivity index (χ2n) is 8.50. The van der Waals surface area contributed by atoms with Crippen molar-refractivity contribution in [3.63, 3.8) is 0 Å². The van der Waals surface area contributed by atoms with Crippen LogP contribution in [-0.4, -0.2) is 25.1 Å². The van der Waals surface area contributed by atoms with Crippen LogP contribution < -0.4 is 10.1 Å². The maximum absolute atomic E-state index is 13.5. The molecular formula is C25H29Cl2NO4. The van der Waals surface area contributed by atoms with Crippen LogP contribution in [0, 0.1) is 5.92 Å². The minimum absolute atomic E-state index is 0.148. The lowest BCUT2D eigenvalue weighted by Gasteiger charge is -2.29. The van der Waals surface area contributed by atoms with Gasteiger partial charge in [-0.05, 0) is 61.6 Å². The molecule has 1 fully saturated rings. The van der Waals surface area contributed by atoms with Crippen molar-refractivity contribution in [1.29, 1.82) is 0 Å². The molecule has 0 heterocycles.